The topological polar surface area (TPSA) is 62.2 Å². The zero-order valence-electron chi connectivity index (χ0n) is 11.3. The molecule has 0 atom stereocenters. The van der Waals surface area contributed by atoms with E-state index in [9.17, 15) is 9.90 Å². The number of amides is 1. The van der Waals surface area contributed by atoms with Crippen molar-refractivity contribution in [3.05, 3.63) is 30.1 Å². The summed E-state index contributed by atoms with van der Waals surface area (Å²) in [5, 5.41) is 13.1. The lowest BCUT2D eigenvalue weighted by Crippen LogP contribution is -2.44. The Morgan fingerprint density at radius 3 is 2.84 bits per heavy atom. The lowest BCUT2D eigenvalue weighted by Gasteiger charge is -2.32. The molecule has 104 valence electrons. The summed E-state index contributed by atoms with van der Waals surface area (Å²) in [4.78, 5) is 15.8. The van der Waals surface area contributed by atoms with Crippen molar-refractivity contribution >= 4 is 5.91 Å². The molecule has 1 aromatic heterocycles. The normalized spacial score (nSPS) is 17.9. The van der Waals surface area contributed by atoms with Gasteiger partial charge in [-0.15, -0.1) is 0 Å². The Kier molecular flexibility index (Phi) is 4.91. The van der Waals surface area contributed by atoms with Gasteiger partial charge < -0.3 is 10.4 Å². The number of aryl methyl sites for hydroxylation is 1. The van der Waals surface area contributed by atoms with Gasteiger partial charge in [0.1, 0.15) is 0 Å². The molecule has 0 saturated heterocycles. The van der Waals surface area contributed by atoms with Crippen LogP contribution in [0.1, 0.15) is 44.1 Å². The number of carbonyl (C=O) groups is 1. The van der Waals surface area contributed by atoms with E-state index in [2.05, 4.69) is 10.3 Å². The number of aliphatic hydroxyl groups is 1. The maximum atomic E-state index is 11.8. The minimum absolute atomic E-state index is 0.00264. The molecule has 4 nitrogen and oxygen atoms in total. The minimum Gasteiger partial charge on any atom is -0.388 e. The Morgan fingerprint density at radius 1 is 1.37 bits per heavy atom. The Balaban J connectivity index is 1.70. The summed E-state index contributed by atoms with van der Waals surface area (Å²) in [6.07, 6.45) is 9.55. The van der Waals surface area contributed by atoms with Gasteiger partial charge in [-0.1, -0.05) is 25.3 Å². The van der Waals surface area contributed by atoms with E-state index in [0.29, 0.717) is 19.4 Å². The second kappa shape index (κ2) is 6.66. The highest BCUT2D eigenvalue weighted by atomic mass is 16.3. The predicted octanol–water partition coefficient (Wildman–Crippen LogP) is 1.83. The van der Waals surface area contributed by atoms with Crippen LogP contribution in [0, 0.1) is 0 Å². The van der Waals surface area contributed by atoms with Crippen LogP contribution in [0.25, 0.3) is 0 Å². The molecular weight excluding hydrogens is 240 g/mol. The zero-order chi connectivity index (χ0) is 13.6. The third-order valence-electron chi connectivity index (χ3n) is 3.76. The molecule has 0 bridgehead atoms. The predicted molar refractivity (Wildman–Crippen MR) is 73.6 cm³/mol. The molecule has 1 aromatic rings. The van der Waals surface area contributed by atoms with E-state index in [4.69, 9.17) is 0 Å². The highest BCUT2D eigenvalue weighted by molar-refractivity contribution is 5.76. The highest BCUT2D eigenvalue weighted by Crippen LogP contribution is 2.27. The molecule has 1 aliphatic rings. The smallest absolute Gasteiger partial charge is 0.220 e. The van der Waals surface area contributed by atoms with Crippen molar-refractivity contribution in [2.45, 2.75) is 50.5 Å². The summed E-state index contributed by atoms with van der Waals surface area (Å²) in [6, 6.07) is 3.84. The molecule has 19 heavy (non-hydrogen) atoms. The Labute approximate surface area is 114 Å². The highest BCUT2D eigenvalue weighted by Gasteiger charge is 2.29. The van der Waals surface area contributed by atoms with Crippen LogP contribution < -0.4 is 5.32 Å². The van der Waals surface area contributed by atoms with Crippen LogP contribution in [0.4, 0.5) is 0 Å². The number of hydrogen-bond donors (Lipinski definition) is 2. The van der Waals surface area contributed by atoms with Crippen molar-refractivity contribution in [2.24, 2.45) is 0 Å². The molecule has 1 saturated carbocycles. The van der Waals surface area contributed by atoms with E-state index in [1.165, 1.54) is 6.42 Å². The van der Waals surface area contributed by atoms with E-state index in [-0.39, 0.29) is 5.91 Å². The summed E-state index contributed by atoms with van der Waals surface area (Å²) < 4.78 is 0. The van der Waals surface area contributed by atoms with Crippen molar-refractivity contribution in [3.8, 4) is 0 Å². The van der Waals surface area contributed by atoms with Gasteiger partial charge in [-0.2, -0.15) is 0 Å². The van der Waals surface area contributed by atoms with Gasteiger partial charge >= 0.3 is 0 Å². The number of rotatable bonds is 5. The summed E-state index contributed by atoms with van der Waals surface area (Å²) >= 11 is 0. The summed E-state index contributed by atoms with van der Waals surface area (Å²) in [6.45, 7) is 0.388. The first-order valence-corrected chi connectivity index (χ1v) is 7.06. The fraction of sp³-hybridized carbons (Fsp3) is 0.600. The maximum Gasteiger partial charge on any atom is 0.220 e. The van der Waals surface area contributed by atoms with Gasteiger partial charge in [0, 0.05) is 25.4 Å². The van der Waals surface area contributed by atoms with Crippen LogP contribution in [0.2, 0.25) is 0 Å². The molecule has 2 rings (SSSR count). The van der Waals surface area contributed by atoms with Crippen molar-refractivity contribution < 1.29 is 9.90 Å². The lowest BCUT2D eigenvalue weighted by molar-refractivity contribution is -0.122. The van der Waals surface area contributed by atoms with Crippen LogP contribution in [-0.4, -0.2) is 28.1 Å². The van der Waals surface area contributed by atoms with E-state index in [0.717, 1.165) is 31.2 Å². The van der Waals surface area contributed by atoms with E-state index < -0.39 is 5.60 Å². The maximum absolute atomic E-state index is 11.8. The Bertz CT molecular complexity index is 400. The molecule has 0 aromatic carbocycles. The quantitative estimate of drug-likeness (QED) is 0.851. The number of hydrogen-bond acceptors (Lipinski definition) is 3. The molecule has 0 spiro atoms. The number of nitrogens with zero attached hydrogens (tertiary/aromatic N) is 1. The molecule has 0 unspecified atom stereocenters. The van der Waals surface area contributed by atoms with Crippen molar-refractivity contribution in [2.75, 3.05) is 6.54 Å². The summed E-state index contributed by atoms with van der Waals surface area (Å²) in [5.74, 6) is 0.00264. The fourth-order valence-corrected chi connectivity index (χ4v) is 2.54. The van der Waals surface area contributed by atoms with E-state index >= 15 is 0 Å². The molecule has 0 aliphatic heterocycles. The minimum atomic E-state index is -0.678. The van der Waals surface area contributed by atoms with E-state index in [1.54, 1.807) is 12.4 Å². The van der Waals surface area contributed by atoms with Crippen LogP contribution in [0.3, 0.4) is 0 Å². The van der Waals surface area contributed by atoms with Gasteiger partial charge in [0.05, 0.1) is 5.60 Å². The van der Waals surface area contributed by atoms with Gasteiger partial charge in [0.15, 0.2) is 0 Å². The molecule has 0 radical (unpaired) electrons. The van der Waals surface area contributed by atoms with Gasteiger partial charge in [0.2, 0.25) is 5.91 Å². The Hall–Kier alpha value is -1.42. The second-order valence-electron chi connectivity index (χ2n) is 5.42. The first-order chi connectivity index (χ1) is 9.18. The van der Waals surface area contributed by atoms with Gasteiger partial charge in [-0.25, -0.2) is 0 Å². The summed E-state index contributed by atoms with van der Waals surface area (Å²) in [7, 11) is 0. The molecule has 1 fully saturated rings. The standard InChI is InChI=1S/C15H22N2O2/c18-14(7-6-13-5-4-10-16-11-13)17-12-15(19)8-2-1-3-9-15/h4-5,10-11,19H,1-3,6-9,12H2,(H,17,18). The Morgan fingerprint density at radius 2 is 2.16 bits per heavy atom. The van der Waals surface area contributed by atoms with Gasteiger partial charge in [-0.3, -0.25) is 9.78 Å². The van der Waals surface area contributed by atoms with Crippen LogP contribution in [-0.2, 0) is 11.2 Å². The first-order valence-electron chi connectivity index (χ1n) is 7.06. The SMILES string of the molecule is O=C(CCc1cccnc1)NCC1(O)CCCCC1. The fourth-order valence-electron chi connectivity index (χ4n) is 2.54. The van der Waals surface area contributed by atoms with Crippen LogP contribution in [0.15, 0.2) is 24.5 Å². The number of aromatic nitrogens is 1. The first kappa shape index (κ1) is 14.0. The molecular formula is C15H22N2O2. The average molecular weight is 262 g/mol. The molecule has 1 heterocycles. The average Bonchev–Trinajstić information content (AvgIpc) is 2.45. The third-order valence-corrected chi connectivity index (χ3v) is 3.76. The zero-order valence-corrected chi connectivity index (χ0v) is 11.3. The van der Waals surface area contributed by atoms with Gasteiger partial charge in [0.25, 0.3) is 0 Å². The largest absolute Gasteiger partial charge is 0.388 e. The number of carbonyl (C=O) groups excluding carboxylic acids is 1. The monoisotopic (exact) mass is 262 g/mol. The lowest BCUT2D eigenvalue weighted by atomic mass is 9.85. The molecule has 2 N–H and O–H groups in total. The molecule has 1 aliphatic carbocycles. The third kappa shape index (κ3) is 4.63. The second-order valence-corrected chi connectivity index (χ2v) is 5.42. The number of pyridine rings is 1. The van der Waals surface area contributed by atoms with Crippen LogP contribution >= 0.6 is 0 Å². The van der Waals surface area contributed by atoms with Crippen LogP contribution in [0.5, 0.6) is 0 Å². The number of nitrogens with one attached hydrogen (secondary N) is 1. The molecule has 1 amide bonds. The molecule has 4 heteroatoms. The van der Waals surface area contributed by atoms with Gasteiger partial charge in [-0.05, 0) is 30.9 Å². The van der Waals surface area contributed by atoms with Crippen molar-refractivity contribution in [3.63, 3.8) is 0 Å². The van der Waals surface area contributed by atoms with Crippen molar-refractivity contribution in [1.82, 2.24) is 10.3 Å². The van der Waals surface area contributed by atoms with E-state index in [1.807, 2.05) is 12.1 Å². The van der Waals surface area contributed by atoms with Crippen molar-refractivity contribution in [1.29, 1.82) is 0 Å². The summed E-state index contributed by atoms with van der Waals surface area (Å²) in [5.41, 5.74) is 0.386.